The van der Waals surface area contributed by atoms with Gasteiger partial charge in [0.05, 0.1) is 0 Å². The van der Waals surface area contributed by atoms with E-state index in [9.17, 15) is 4.79 Å². The third kappa shape index (κ3) is 5.07. The van der Waals surface area contributed by atoms with E-state index in [2.05, 4.69) is 20.8 Å². The van der Waals surface area contributed by atoms with Crippen molar-refractivity contribution in [1.29, 1.82) is 0 Å². The first-order chi connectivity index (χ1) is 7.94. The van der Waals surface area contributed by atoms with Crippen LogP contribution in [0.1, 0.15) is 59.3 Å². The van der Waals surface area contributed by atoms with Crippen LogP contribution < -0.4 is 5.73 Å². The lowest BCUT2D eigenvalue weighted by molar-refractivity contribution is -0.130. The van der Waals surface area contributed by atoms with Gasteiger partial charge >= 0.3 is 0 Å². The molecule has 3 nitrogen and oxygen atoms in total. The molecule has 1 aliphatic rings. The maximum atomic E-state index is 11.9. The van der Waals surface area contributed by atoms with Crippen LogP contribution in [0.2, 0.25) is 0 Å². The lowest BCUT2D eigenvalue weighted by Gasteiger charge is -2.23. The van der Waals surface area contributed by atoms with Crippen LogP contribution in [0.25, 0.3) is 0 Å². The third-order valence-electron chi connectivity index (χ3n) is 3.95. The Morgan fingerprint density at radius 3 is 2.76 bits per heavy atom. The number of rotatable bonds is 5. The Morgan fingerprint density at radius 2 is 2.12 bits per heavy atom. The van der Waals surface area contributed by atoms with Crippen molar-refractivity contribution in [3.63, 3.8) is 0 Å². The smallest absolute Gasteiger partial charge is 0.222 e. The normalized spacial score (nSPS) is 22.4. The topological polar surface area (TPSA) is 46.3 Å². The molecule has 0 aliphatic carbocycles. The van der Waals surface area contributed by atoms with Gasteiger partial charge in [0.1, 0.15) is 0 Å². The fourth-order valence-corrected chi connectivity index (χ4v) is 2.28. The minimum Gasteiger partial charge on any atom is -0.343 e. The molecule has 0 aromatic rings. The van der Waals surface area contributed by atoms with Gasteiger partial charge in [0.15, 0.2) is 0 Å². The zero-order valence-electron chi connectivity index (χ0n) is 11.7. The molecule has 0 radical (unpaired) electrons. The highest BCUT2D eigenvalue weighted by Gasteiger charge is 2.26. The van der Waals surface area contributed by atoms with E-state index in [0.717, 1.165) is 45.2 Å². The zero-order chi connectivity index (χ0) is 12.9. The van der Waals surface area contributed by atoms with E-state index < -0.39 is 0 Å². The van der Waals surface area contributed by atoms with Crippen molar-refractivity contribution in [2.45, 2.75) is 65.3 Å². The molecule has 17 heavy (non-hydrogen) atoms. The summed E-state index contributed by atoms with van der Waals surface area (Å²) in [4.78, 5) is 14.0. The monoisotopic (exact) mass is 240 g/mol. The van der Waals surface area contributed by atoms with Crippen LogP contribution in [0.5, 0.6) is 0 Å². The summed E-state index contributed by atoms with van der Waals surface area (Å²) in [6.07, 6.45) is 5.97. The molecule has 2 N–H and O–H groups in total. The maximum absolute atomic E-state index is 11.9. The molecule has 0 saturated carbocycles. The SMILES string of the molecule is CCC(N)CCCN1CCC(C)(C)CCC1=O. The maximum Gasteiger partial charge on any atom is 0.222 e. The number of likely N-dealkylation sites (tertiary alicyclic amines) is 1. The van der Waals surface area contributed by atoms with E-state index in [4.69, 9.17) is 5.73 Å². The van der Waals surface area contributed by atoms with Gasteiger partial charge in [-0.2, -0.15) is 0 Å². The molecule has 1 amide bonds. The first-order valence-electron chi connectivity index (χ1n) is 6.98. The van der Waals surface area contributed by atoms with Crippen molar-refractivity contribution in [1.82, 2.24) is 4.90 Å². The molecule has 0 aromatic heterocycles. The third-order valence-corrected chi connectivity index (χ3v) is 3.95. The Hall–Kier alpha value is -0.570. The summed E-state index contributed by atoms with van der Waals surface area (Å²) < 4.78 is 0. The van der Waals surface area contributed by atoms with Gasteiger partial charge < -0.3 is 10.6 Å². The molecule has 1 fully saturated rings. The molecule has 3 heteroatoms. The van der Waals surface area contributed by atoms with E-state index in [-0.39, 0.29) is 0 Å². The minimum absolute atomic E-state index is 0.300. The summed E-state index contributed by atoms with van der Waals surface area (Å²) in [7, 11) is 0. The molecule has 1 unspecified atom stereocenters. The molecule has 1 aliphatic heterocycles. The number of carbonyl (C=O) groups is 1. The minimum atomic E-state index is 0.300. The predicted molar refractivity (Wildman–Crippen MR) is 71.7 cm³/mol. The van der Waals surface area contributed by atoms with Crippen molar-refractivity contribution in [2.24, 2.45) is 11.1 Å². The highest BCUT2D eigenvalue weighted by Crippen LogP contribution is 2.30. The molecular weight excluding hydrogens is 212 g/mol. The molecule has 0 spiro atoms. The molecule has 1 rings (SSSR count). The summed E-state index contributed by atoms with van der Waals surface area (Å²) in [6, 6.07) is 0.300. The molecule has 0 bridgehead atoms. The molecule has 100 valence electrons. The average molecular weight is 240 g/mol. The van der Waals surface area contributed by atoms with Gasteiger partial charge in [-0.15, -0.1) is 0 Å². The summed E-state index contributed by atoms with van der Waals surface area (Å²) in [5, 5.41) is 0. The Morgan fingerprint density at radius 1 is 1.41 bits per heavy atom. The second-order valence-corrected chi connectivity index (χ2v) is 6.11. The average Bonchev–Trinajstić information content (AvgIpc) is 2.41. The number of hydrogen-bond donors (Lipinski definition) is 1. The second-order valence-electron chi connectivity index (χ2n) is 6.11. The fraction of sp³-hybridized carbons (Fsp3) is 0.929. The van der Waals surface area contributed by atoms with Crippen LogP contribution in [0.4, 0.5) is 0 Å². The number of hydrogen-bond acceptors (Lipinski definition) is 2. The Labute approximate surface area is 106 Å². The van der Waals surface area contributed by atoms with Gasteiger partial charge in [0.2, 0.25) is 5.91 Å². The van der Waals surface area contributed by atoms with Crippen LogP contribution in [-0.4, -0.2) is 29.9 Å². The molecular formula is C14H28N2O. The quantitative estimate of drug-likeness (QED) is 0.802. The largest absolute Gasteiger partial charge is 0.343 e. The Bertz CT molecular complexity index is 251. The first-order valence-corrected chi connectivity index (χ1v) is 6.98. The number of carbonyl (C=O) groups excluding carboxylic acids is 1. The number of nitrogens with two attached hydrogens (primary N) is 1. The van der Waals surface area contributed by atoms with Gasteiger partial charge in [0.25, 0.3) is 0 Å². The van der Waals surface area contributed by atoms with Crippen molar-refractivity contribution in [2.75, 3.05) is 13.1 Å². The lowest BCUT2D eigenvalue weighted by Crippen LogP contribution is -2.32. The van der Waals surface area contributed by atoms with Crippen molar-refractivity contribution in [3.05, 3.63) is 0 Å². The van der Waals surface area contributed by atoms with Crippen LogP contribution in [-0.2, 0) is 4.79 Å². The van der Waals surface area contributed by atoms with Gasteiger partial charge in [-0.3, -0.25) is 4.79 Å². The van der Waals surface area contributed by atoms with Crippen molar-refractivity contribution in [3.8, 4) is 0 Å². The van der Waals surface area contributed by atoms with Gasteiger partial charge in [-0.1, -0.05) is 20.8 Å². The van der Waals surface area contributed by atoms with E-state index in [1.54, 1.807) is 0 Å². The molecule has 1 atom stereocenters. The molecule has 1 heterocycles. The highest BCUT2D eigenvalue weighted by molar-refractivity contribution is 5.76. The van der Waals surface area contributed by atoms with Crippen molar-refractivity contribution < 1.29 is 4.79 Å². The predicted octanol–water partition coefficient (Wildman–Crippen LogP) is 2.54. The van der Waals surface area contributed by atoms with E-state index in [1.807, 2.05) is 4.90 Å². The molecule has 0 aromatic carbocycles. The van der Waals surface area contributed by atoms with E-state index in [0.29, 0.717) is 23.8 Å². The number of nitrogens with zero attached hydrogens (tertiary/aromatic N) is 1. The van der Waals surface area contributed by atoms with E-state index >= 15 is 0 Å². The first kappa shape index (κ1) is 14.5. The van der Waals surface area contributed by atoms with Crippen LogP contribution in [0.15, 0.2) is 0 Å². The lowest BCUT2D eigenvalue weighted by atomic mass is 9.85. The number of amides is 1. The summed E-state index contributed by atoms with van der Waals surface area (Å²) in [6.45, 7) is 8.45. The van der Waals surface area contributed by atoms with Crippen LogP contribution in [0.3, 0.4) is 0 Å². The molecule has 1 saturated heterocycles. The van der Waals surface area contributed by atoms with Gasteiger partial charge in [0, 0.05) is 25.6 Å². The second kappa shape index (κ2) is 6.39. The van der Waals surface area contributed by atoms with E-state index in [1.165, 1.54) is 0 Å². The van der Waals surface area contributed by atoms with Crippen LogP contribution >= 0.6 is 0 Å². The van der Waals surface area contributed by atoms with Gasteiger partial charge in [-0.25, -0.2) is 0 Å². The standard InChI is InChI=1S/C14H28N2O/c1-4-12(15)6-5-10-16-11-9-14(2,3)8-7-13(16)17/h12H,4-11,15H2,1-3H3. The van der Waals surface area contributed by atoms with Crippen molar-refractivity contribution >= 4 is 5.91 Å². The highest BCUT2D eigenvalue weighted by atomic mass is 16.2. The summed E-state index contributed by atoms with van der Waals surface area (Å²) in [5.41, 5.74) is 6.22. The Balaban J connectivity index is 2.34. The fourth-order valence-electron chi connectivity index (χ4n) is 2.28. The van der Waals surface area contributed by atoms with Gasteiger partial charge in [-0.05, 0) is 37.5 Å². The summed E-state index contributed by atoms with van der Waals surface area (Å²) >= 11 is 0. The summed E-state index contributed by atoms with van der Waals surface area (Å²) in [5.74, 6) is 0.334. The Kier molecular flexibility index (Phi) is 5.44. The van der Waals surface area contributed by atoms with Crippen LogP contribution in [0, 0.1) is 5.41 Å². The zero-order valence-corrected chi connectivity index (χ0v) is 11.7.